The summed E-state index contributed by atoms with van der Waals surface area (Å²) in [5, 5.41) is 6.97. The zero-order valence-electron chi connectivity index (χ0n) is 11.9. The number of nitrogens with one attached hydrogen (secondary N) is 2. The van der Waals surface area contributed by atoms with E-state index in [1.165, 1.54) is 0 Å². The van der Waals surface area contributed by atoms with Gasteiger partial charge in [0, 0.05) is 7.11 Å². The summed E-state index contributed by atoms with van der Waals surface area (Å²) in [6.45, 7) is 4.75. The fourth-order valence-corrected chi connectivity index (χ4v) is 2.00. The van der Waals surface area contributed by atoms with Gasteiger partial charge in [0.05, 0.1) is 25.4 Å². The molecule has 0 aliphatic carbocycles. The average Bonchev–Trinajstić information content (AvgIpc) is 2.38. The SMILES string of the molecule is CCC(COC)NC(=S)Nc1cc(C)ccc1OC. The standard InChI is InChI=1S/C14H22N2O2S/c1-5-11(9-17-3)15-14(19)16-12-8-10(2)6-7-13(12)18-4/h6-8,11H,5,9H2,1-4H3,(H2,15,16,19). The minimum atomic E-state index is 0.209. The molecule has 4 nitrogen and oxygen atoms in total. The van der Waals surface area contributed by atoms with Gasteiger partial charge in [-0.3, -0.25) is 0 Å². The van der Waals surface area contributed by atoms with Gasteiger partial charge >= 0.3 is 0 Å². The molecule has 0 radical (unpaired) electrons. The molecule has 0 heterocycles. The Hall–Kier alpha value is -1.33. The van der Waals surface area contributed by atoms with Gasteiger partial charge in [-0.1, -0.05) is 13.0 Å². The molecule has 0 aromatic heterocycles. The van der Waals surface area contributed by atoms with Crippen molar-refractivity contribution in [2.24, 2.45) is 0 Å². The highest BCUT2D eigenvalue weighted by molar-refractivity contribution is 7.80. The van der Waals surface area contributed by atoms with Crippen molar-refractivity contribution in [2.75, 3.05) is 26.1 Å². The van der Waals surface area contributed by atoms with Gasteiger partial charge in [0.25, 0.3) is 0 Å². The first-order chi connectivity index (χ1) is 9.10. The monoisotopic (exact) mass is 282 g/mol. The minimum Gasteiger partial charge on any atom is -0.495 e. The maximum Gasteiger partial charge on any atom is 0.171 e. The van der Waals surface area contributed by atoms with E-state index in [2.05, 4.69) is 17.6 Å². The van der Waals surface area contributed by atoms with E-state index in [4.69, 9.17) is 21.7 Å². The lowest BCUT2D eigenvalue weighted by Gasteiger charge is -2.19. The van der Waals surface area contributed by atoms with Crippen LogP contribution in [0.4, 0.5) is 5.69 Å². The number of ether oxygens (including phenoxy) is 2. The van der Waals surface area contributed by atoms with Crippen molar-refractivity contribution < 1.29 is 9.47 Å². The lowest BCUT2D eigenvalue weighted by Crippen LogP contribution is -2.40. The quantitative estimate of drug-likeness (QED) is 0.785. The van der Waals surface area contributed by atoms with Crippen LogP contribution in [0, 0.1) is 6.92 Å². The molecule has 19 heavy (non-hydrogen) atoms. The van der Waals surface area contributed by atoms with Gasteiger partial charge in [0.1, 0.15) is 5.75 Å². The molecule has 0 aliphatic rings. The summed E-state index contributed by atoms with van der Waals surface area (Å²) in [7, 11) is 3.33. The first-order valence-electron chi connectivity index (χ1n) is 6.31. The van der Waals surface area contributed by atoms with Crippen molar-refractivity contribution >= 4 is 23.0 Å². The molecule has 1 atom stereocenters. The van der Waals surface area contributed by atoms with Crippen molar-refractivity contribution in [2.45, 2.75) is 26.3 Å². The van der Waals surface area contributed by atoms with Crippen molar-refractivity contribution in [1.82, 2.24) is 5.32 Å². The third kappa shape index (κ3) is 5.04. The van der Waals surface area contributed by atoms with Crippen LogP contribution >= 0.6 is 12.2 Å². The first-order valence-corrected chi connectivity index (χ1v) is 6.72. The van der Waals surface area contributed by atoms with Crippen LogP contribution in [-0.2, 0) is 4.74 Å². The highest BCUT2D eigenvalue weighted by Crippen LogP contribution is 2.25. The third-order valence-corrected chi connectivity index (χ3v) is 3.02. The first kappa shape index (κ1) is 15.7. The average molecular weight is 282 g/mol. The van der Waals surface area contributed by atoms with Crippen LogP contribution in [0.2, 0.25) is 0 Å². The Balaban J connectivity index is 2.68. The fraction of sp³-hybridized carbons (Fsp3) is 0.500. The van der Waals surface area contributed by atoms with Crippen LogP contribution in [-0.4, -0.2) is 32.0 Å². The number of anilines is 1. The van der Waals surface area contributed by atoms with Crippen LogP contribution in [0.1, 0.15) is 18.9 Å². The Labute approximate surface area is 120 Å². The number of thiocarbonyl (C=S) groups is 1. The van der Waals surface area contributed by atoms with E-state index in [0.29, 0.717) is 11.7 Å². The molecule has 0 spiro atoms. The molecular weight excluding hydrogens is 260 g/mol. The topological polar surface area (TPSA) is 42.5 Å². The second-order valence-electron chi connectivity index (χ2n) is 4.36. The summed E-state index contributed by atoms with van der Waals surface area (Å²) >= 11 is 5.31. The van der Waals surface area contributed by atoms with Crippen molar-refractivity contribution in [3.05, 3.63) is 23.8 Å². The molecule has 1 unspecified atom stereocenters. The Morgan fingerprint density at radius 3 is 2.68 bits per heavy atom. The maximum absolute atomic E-state index is 5.31. The van der Waals surface area contributed by atoms with E-state index in [1.807, 2.05) is 25.1 Å². The predicted octanol–water partition coefficient (Wildman–Crippen LogP) is 2.72. The molecule has 1 aromatic rings. The van der Waals surface area contributed by atoms with Gasteiger partial charge in [0.15, 0.2) is 5.11 Å². The Morgan fingerprint density at radius 2 is 2.11 bits per heavy atom. The molecule has 106 valence electrons. The summed E-state index contributed by atoms with van der Waals surface area (Å²) in [5.74, 6) is 0.773. The summed E-state index contributed by atoms with van der Waals surface area (Å²) in [5.41, 5.74) is 2.02. The smallest absolute Gasteiger partial charge is 0.171 e. The predicted molar refractivity (Wildman–Crippen MR) is 83.0 cm³/mol. The number of benzene rings is 1. The number of rotatable bonds is 6. The van der Waals surface area contributed by atoms with Crippen LogP contribution in [0.5, 0.6) is 5.75 Å². The minimum absolute atomic E-state index is 0.209. The second kappa shape index (κ2) is 7.96. The molecule has 0 saturated carbocycles. The van der Waals surface area contributed by atoms with Crippen molar-refractivity contribution in [3.63, 3.8) is 0 Å². The number of hydrogen-bond donors (Lipinski definition) is 2. The number of hydrogen-bond acceptors (Lipinski definition) is 3. The van der Waals surface area contributed by atoms with Crippen LogP contribution in [0.25, 0.3) is 0 Å². The Morgan fingerprint density at radius 1 is 1.37 bits per heavy atom. The Bertz CT molecular complexity index is 424. The zero-order chi connectivity index (χ0) is 14.3. The normalized spacial score (nSPS) is 11.8. The van der Waals surface area contributed by atoms with E-state index in [0.717, 1.165) is 23.4 Å². The molecule has 2 N–H and O–H groups in total. The molecule has 1 aromatic carbocycles. The van der Waals surface area contributed by atoms with Gasteiger partial charge < -0.3 is 20.1 Å². The van der Waals surface area contributed by atoms with Crippen LogP contribution in [0.3, 0.4) is 0 Å². The van der Waals surface area contributed by atoms with E-state index in [-0.39, 0.29) is 6.04 Å². The molecule has 0 amide bonds. The van der Waals surface area contributed by atoms with Crippen LogP contribution in [0.15, 0.2) is 18.2 Å². The van der Waals surface area contributed by atoms with Crippen molar-refractivity contribution in [3.8, 4) is 5.75 Å². The summed E-state index contributed by atoms with van der Waals surface area (Å²) in [4.78, 5) is 0. The van der Waals surface area contributed by atoms with Crippen molar-refractivity contribution in [1.29, 1.82) is 0 Å². The highest BCUT2D eigenvalue weighted by atomic mass is 32.1. The highest BCUT2D eigenvalue weighted by Gasteiger charge is 2.09. The van der Waals surface area contributed by atoms with Gasteiger partial charge in [-0.05, 0) is 43.3 Å². The molecule has 0 fully saturated rings. The lowest BCUT2D eigenvalue weighted by molar-refractivity contribution is 0.172. The molecular formula is C14H22N2O2S. The molecule has 0 bridgehead atoms. The van der Waals surface area contributed by atoms with Gasteiger partial charge in [-0.25, -0.2) is 0 Å². The molecule has 0 saturated heterocycles. The molecule has 0 aliphatic heterocycles. The fourth-order valence-electron chi connectivity index (χ4n) is 1.73. The maximum atomic E-state index is 5.31. The van der Waals surface area contributed by atoms with E-state index in [1.54, 1.807) is 14.2 Å². The second-order valence-corrected chi connectivity index (χ2v) is 4.77. The molecule has 1 rings (SSSR count). The third-order valence-electron chi connectivity index (χ3n) is 2.80. The number of aryl methyl sites for hydroxylation is 1. The largest absolute Gasteiger partial charge is 0.495 e. The van der Waals surface area contributed by atoms with E-state index >= 15 is 0 Å². The Kier molecular flexibility index (Phi) is 6.59. The number of methoxy groups -OCH3 is 2. The van der Waals surface area contributed by atoms with Crippen LogP contribution < -0.4 is 15.4 Å². The summed E-state index contributed by atoms with van der Waals surface area (Å²) in [6, 6.07) is 6.14. The van der Waals surface area contributed by atoms with E-state index < -0.39 is 0 Å². The van der Waals surface area contributed by atoms with Gasteiger partial charge in [-0.15, -0.1) is 0 Å². The zero-order valence-corrected chi connectivity index (χ0v) is 12.8. The molecule has 5 heteroatoms. The summed E-state index contributed by atoms with van der Waals surface area (Å²) in [6.07, 6.45) is 0.945. The van der Waals surface area contributed by atoms with E-state index in [9.17, 15) is 0 Å². The summed E-state index contributed by atoms with van der Waals surface area (Å²) < 4.78 is 10.4. The lowest BCUT2D eigenvalue weighted by atomic mass is 10.2. The van der Waals surface area contributed by atoms with Gasteiger partial charge in [-0.2, -0.15) is 0 Å². The van der Waals surface area contributed by atoms with Gasteiger partial charge in [0.2, 0.25) is 0 Å².